The summed E-state index contributed by atoms with van der Waals surface area (Å²) in [4.78, 5) is 0. The van der Waals surface area contributed by atoms with Gasteiger partial charge in [0.05, 0.1) is 36.7 Å². The zero-order chi connectivity index (χ0) is 20.1. The minimum atomic E-state index is 0.368. The van der Waals surface area contributed by atoms with Gasteiger partial charge in [0.25, 0.3) is 0 Å². The Kier molecular flexibility index (Phi) is 5.46. The zero-order valence-electron chi connectivity index (χ0n) is 16.1. The molecule has 3 aromatic carbocycles. The van der Waals surface area contributed by atoms with Gasteiger partial charge in [0.15, 0.2) is 0 Å². The maximum atomic E-state index is 9.04. The predicted molar refractivity (Wildman–Crippen MR) is 111 cm³/mol. The van der Waals surface area contributed by atoms with Crippen molar-refractivity contribution >= 4 is 0 Å². The molecule has 1 heterocycles. The van der Waals surface area contributed by atoms with Crippen molar-refractivity contribution in [1.82, 2.24) is 15.0 Å². The van der Waals surface area contributed by atoms with Gasteiger partial charge in [0.2, 0.25) is 0 Å². The standard InChI is InChI=1S/C24H20N4O/c1-18-21(10-6-12-24(18)20-8-3-2-4-9-20)16-29-17-22-15-28(27-26-22)23-11-5-7-19(13-23)14-25/h2-13,15H,16-17H2,1H3. The predicted octanol–water partition coefficient (Wildman–Crippen LogP) is 4.83. The number of aromatic nitrogens is 3. The van der Waals surface area contributed by atoms with Crippen molar-refractivity contribution in [3.63, 3.8) is 0 Å². The van der Waals surface area contributed by atoms with Crippen LogP contribution in [0.4, 0.5) is 0 Å². The molecule has 5 heteroatoms. The van der Waals surface area contributed by atoms with Gasteiger partial charge in [0, 0.05) is 0 Å². The average Bonchev–Trinajstić information content (AvgIpc) is 3.25. The lowest BCUT2D eigenvalue weighted by Gasteiger charge is -2.11. The lowest BCUT2D eigenvalue weighted by atomic mass is 9.97. The fraction of sp³-hybridized carbons (Fsp3) is 0.125. The van der Waals surface area contributed by atoms with Crippen molar-refractivity contribution < 1.29 is 4.74 Å². The Morgan fingerprint density at radius 2 is 1.79 bits per heavy atom. The van der Waals surface area contributed by atoms with E-state index in [2.05, 4.69) is 53.6 Å². The van der Waals surface area contributed by atoms with Gasteiger partial charge < -0.3 is 4.74 Å². The molecule has 0 amide bonds. The molecule has 0 N–H and O–H groups in total. The highest BCUT2D eigenvalue weighted by Crippen LogP contribution is 2.26. The van der Waals surface area contributed by atoms with Gasteiger partial charge in [-0.3, -0.25) is 0 Å². The first-order chi connectivity index (χ1) is 14.2. The molecule has 0 spiro atoms. The quantitative estimate of drug-likeness (QED) is 0.480. The van der Waals surface area contributed by atoms with E-state index in [1.807, 2.05) is 36.5 Å². The summed E-state index contributed by atoms with van der Waals surface area (Å²) >= 11 is 0. The third-order valence-corrected chi connectivity index (χ3v) is 4.82. The van der Waals surface area contributed by atoms with Crippen LogP contribution in [0.25, 0.3) is 16.8 Å². The summed E-state index contributed by atoms with van der Waals surface area (Å²) in [5.41, 5.74) is 6.92. The van der Waals surface area contributed by atoms with E-state index in [0.717, 1.165) is 16.9 Å². The number of nitriles is 1. The van der Waals surface area contributed by atoms with Gasteiger partial charge in [0.1, 0.15) is 5.69 Å². The Bertz CT molecular complexity index is 1160. The normalized spacial score (nSPS) is 10.6. The second kappa shape index (κ2) is 8.51. The molecule has 5 nitrogen and oxygen atoms in total. The van der Waals surface area contributed by atoms with Crippen molar-refractivity contribution in [2.45, 2.75) is 20.1 Å². The van der Waals surface area contributed by atoms with Crippen LogP contribution in [-0.2, 0) is 18.0 Å². The Balaban J connectivity index is 1.43. The highest BCUT2D eigenvalue weighted by Gasteiger charge is 2.08. The van der Waals surface area contributed by atoms with Gasteiger partial charge in [-0.15, -0.1) is 5.10 Å². The summed E-state index contributed by atoms with van der Waals surface area (Å²) in [5, 5.41) is 17.3. The molecule has 4 aromatic rings. The first kappa shape index (κ1) is 18.6. The third-order valence-electron chi connectivity index (χ3n) is 4.82. The molecule has 0 saturated heterocycles. The van der Waals surface area contributed by atoms with Crippen LogP contribution in [0.2, 0.25) is 0 Å². The van der Waals surface area contributed by atoms with E-state index >= 15 is 0 Å². The Morgan fingerprint density at radius 1 is 0.966 bits per heavy atom. The molecular weight excluding hydrogens is 360 g/mol. The van der Waals surface area contributed by atoms with Gasteiger partial charge >= 0.3 is 0 Å². The van der Waals surface area contributed by atoms with Crippen LogP contribution < -0.4 is 0 Å². The van der Waals surface area contributed by atoms with Crippen LogP contribution in [0.15, 0.2) is 79.0 Å². The van der Waals surface area contributed by atoms with Crippen molar-refractivity contribution in [1.29, 1.82) is 5.26 Å². The molecular formula is C24H20N4O. The molecule has 0 aliphatic heterocycles. The highest BCUT2D eigenvalue weighted by atomic mass is 16.5. The molecule has 142 valence electrons. The molecule has 0 atom stereocenters. The van der Waals surface area contributed by atoms with Crippen LogP contribution >= 0.6 is 0 Å². The smallest absolute Gasteiger partial charge is 0.109 e. The summed E-state index contributed by atoms with van der Waals surface area (Å²) in [6.45, 7) is 3.00. The molecule has 0 fully saturated rings. The van der Waals surface area contributed by atoms with Crippen molar-refractivity contribution in [3.8, 4) is 22.9 Å². The van der Waals surface area contributed by atoms with Crippen molar-refractivity contribution in [2.24, 2.45) is 0 Å². The summed E-state index contributed by atoms with van der Waals surface area (Å²) < 4.78 is 7.56. The average molecular weight is 380 g/mol. The number of rotatable bonds is 6. The molecule has 4 rings (SSSR count). The van der Waals surface area contributed by atoms with E-state index < -0.39 is 0 Å². The minimum Gasteiger partial charge on any atom is -0.370 e. The SMILES string of the molecule is Cc1c(COCc2cn(-c3cccc(C#N)c3)nn2)cccc1-c1ccccc1. The van der Waals surface area contributed by atoms with Crippen LogP contribution in [0.5, 0.6) is 0 Å². The lowest BCUT2D eigenvalue weighted by molar-refractivity contribution is 0.104. The Labute approximate surface area is 169 Å². The van der Waals surface area contributed by atoms with E-state index in [9.17, 15) is 0 Å². The monoisotopic (exact) mass is 380 g/mol. The summed E-state index contributed by atoms with van der Waals surface area (Å²) in [7, 11) is 0. The number of benzene rings is 3. The van der Waals surface area contributed by atoms with Gasteiger partial charge in [-0.2, -0.15) is 5.26 Å². The maximum Gasteiger partial charge on any atom is 0.109 e. The first-order valence-electron chi connectivity index (χ1n) is 9.38. The lowest BCUT2D eigenvalue weighted by Crippen LogP contribution is -1.98. The van der Waals surface area contributed by atoms with Gasteiger partial charge in [-0.25, -0.2) is 4.68 Å². The van der Waals surface area contributed by atoms with Gasteiger partial charge in [-0.1, -0.05) is 59.8 Å². The van der Waals surface area contributed by atoms with E-state index in [-0.39, 0.29) is 0 Å². The molecule has 1 aromatic heterocycles. The molecule has 0 saturated carbocycles. The van der Waals surface area contributed by atoms with Crippen molar-refractivity contribution in [3.05, 3.63) is 101 Å². The van der Waals surface area contributed by atoms with Crippen LogP contribution in [0.3, 0.4) is 0 Å². The van der Waals surface area contributed by atoms with Crippen LogP contribution in [0.1, 0.15) is 22.4 Å². The number of hydrogen-bond acceptors (Lipinski definition) is 4. The fourth-order valence-corrected chi connectivity index (χ4v) is 3.24. The van der Waals surface area contributed by atoms with E-state index in [4.69, 9.17) is 10.00 Å². The minimum absolute atomic E-state index is 0.368. The third kappa shape index (κ3) is 4.23. The molecule has 0 aliphatic carbocycles. The van der Waals surface area contributed by atoms with Crippen molar-refractivity contribution in [2.75, 3.05) is 0 Å². The van der Waals surface area contributed by atoms with E-state index in [1.165, 1.54) is 16.7 Å². The Morgan fingerprint density at radius 3 is 2.62 bits per heavy atom. The molecule has 29 heavy (non-hydrogen) atoms. The molecule has 0 radical (unpaired) electrons. The topological polar surface area (TPSA) is 63.7 Å². The number of nitrogens with zero attached hydrogens (tertiary/aromatic N) is 4. The highest BCUT2D eigenvalue weighted by molar-refractivity contribution is 5.68. The van der Waals surface area contributed by atoms with Crippen LogP contribution in [0, 0.1) is 18.3 Å². The van der Waals surface area contributed by atoms with E-state index in [1.54, 1.807) is 16.8 Å². The van der Waals surface area contributed by atoms with Crippen LogP contribution in [-0.4, -0.2) is 15.0 Å². The summed E-state index contributed by atoms with van der Waals surface area (Å²) in [5.74, 6) is 0. The summed E-state index contributed by atoms with van der Waals surface area (Å²) in [6, 6.07) is 26.0. The van der Waals surface area contributed by atoms with Gasteiger partial charge in [-0.05, 0) is 47.4 Å². The molecule has 0 aliphatic rings. The fourth-order valence-electron chi connectivity index (χ4n) is 3.24. The largest absolute Gasteiger partial charge is 0.370 e. The molecule has 0 bridgehead atoms. The second-order valence-corrected chi connectivity index (χ2v) is 6.77. The maximum absolute atomic E-state index is 9.04. The van der Waals surface area contributed by atoms with E-state index in [0.29, 0.717) is 18.8 Å². The number of hydrogen-bond donors (Lipinski definition) is 0. The Hall–Kier alpha value is -3.75. The first-order valence-corrected chi connectivity index (χ1v) is 9.38. The number of ether oxygens (including phenoxy) is 1. The second-order valence-electron chi connectivity index (χ2n) is 6.77. The molecule has 0 unspecified atom stereocenters. The zero-order valence-corrected chi connectivity index (χ0v) is 16.1. The summed E-state index contributed by atoms with van der Waals surface area (Å²) in [6.07, 6.45) is 1.82.